The topological polar surface area (TPSA) is 53.2 Å². The van der Waals surface area contributed by atoms with Gasteiger partial charge in [0.1, 0.15) is 0 Å². The highest BCUT2D eigenvalue weighted by atomic mass is 32.2. The van der Waals surface area contributed by atoms with Crippen molar-refractivity contribution in [1.29, 1.82) is 0 Å². The van der Waals surface area contributed by atoms with E-state index in [9.17, 15) is 4.79 Å². The van der Waals surface area contributed by atoms with Gasteiger partial charge in [-0.1, -0.05) is 50.5 Å². The molecule has 0 saturated heterocycles. The first-order chi connectivity index (χ1) is 9.34. The summed E-state index contributed by atoms with van der Waals surface area (Å²) in [6, 6.07) is 1.02. The van der Waals surface area contributed by atoms with Gasteiger partial charge in [-0.15, -0.1) is 0 Å². The van der Waals surface area contributed by atoms with Gasteiger partial charge in [0.05, 0.1) is 5.88 Å². The van der Waals surface area contributed by atoms with E-state index in [1.54, 1.807) is 11.9 Å². The molecule has 2 aliphatic rings. The van der Waals surface area contributed by atoms with E-state index in [4.69, 9.17) is 0 Å². The third kappa shape index (κ3) is 6.04. The van der Waals surface area contributed by atoms with E-state index in [2.05, 4.69) is 15.4 Å². The average molecular weight is 285 g/mol. The van der Waals surface area contributed by atoms with Gasteiger partial charge in [0, 0.05) is 12.1 Å². The summed E-state index contributed by atoms with van der Waals surface area (Å²) in [5, 5.41) is 5.99. The fourth-order valence-corrected chi connectivity index (χ4v) is 3.72. The molecule has 0 radical (unpaired) electrons. The molecule has 110 valence electrons. The summed E-state index contributed by atoms with van der Waals surface area (Å²) in [7, 11) is 0. The summed E-state index contributed by atoms with van der Waals surface area (Å²) >= 11 is 1.63. The normalized spacial score (nSPS) is 22.1. The van der Waals surface area contributed by atoms with Crippen molar-refractivity contribution in [2.45, 2.75) is 76.3 Å². The van der Waals surface area contributed by atoms with E-state index in [1.165, 1.54) is 51.4 Å². The van der Waals surface area contributed by atoms with Crippen molar-refractivity contribution in [3.8, 4) is 0 Å². The maximum absolute atomic E-state index is 11.7. The molecule has 2 amide bonds. The first kappa shape index (κ1) is 15.0. The predicted octanol–water partition coefficient (Wildman–Crippen LogP) is 3.15. The van der Waals surface area contributed by atoms with Gasteiger partial charge in [-0.05, 0) is 25.7 Å². The van der Waals surface area contributed by atoms with Gasteiger partial charge < -0.3 is 10.6 Å². The highest BCUT2D eigenvalue weighted by Crippen LogP contribution is 2.19. The highest BCUT2D eigenvalue weighted by Gasteiger charge is 2.15. The molecule has 0 spiro atoms. The van der Waals surface area contributed by atoms with Crippen LogP contribution < -0.4 is 15.4 Å². The fraction of sp³-hybridized carbons (Fsp3) is 0.929. The predicted molar refractivity (Wildman–Crippen MR) is 81.0 cm³/mol. The quantitative estimate of drug-likeness (QED) is 0.413. The maximum Gasteiger partial charge on any atom is 0.315 e. The molecule has 0 unspecified atom stereocenters. The standard InChI is InChI=1S/C14H27N3OS/c18-14(16-12-7-3-1-4-8-12)15-11-19-17-13-9-5-2-6-10-13/h12-13,17H,1-11H2,(H2,15,16,18). The van der Waals surface area contributed by atoms with Gasteiger partial charge in [-0.2, -0.15) is 0 Å². The van der Waals surface area contributed by atoms with Gasteiger partial charge in [0.15, 0.2) is 0 Å². The van der Waals surface area contributed by atoms with E-state index in [1.807, 2.05) is 0 Å². The minimum absolute atomic E-state index is 0.00940. The van der Waals surface area contributed by atoms with E-state index in [0.29, 0.717) is 18.0 Å². The Kier molecular flexibility index (Phi) is 6.85. The Morgan fingerprint density at radius 2 is 1.47 bits per heavy atom. The largest absolute Gasteiger partial charge is 0.335 e. The molecule has 0 bridgehead atoms. The van der Waals surface area contributed by atoms with Crippen molar-refractivity contribution < 1.29 is 4.79 Å². The third-order valence-electron chi connectivity index (χ3n) is 4.10. The highest BCUT2D eigenvalue weighted by molar-refractivity contribution is 7.97. The molecule has 2 rings (SSSR count). The van der Waals surface area contributed by atoms with E-state index in [0.717, 1.165) is 12.8 Å². The zero-order valence-electron chi connectivity index (χ0n) is 11.7. The van der Waals surface area contributed by atoms with Gasteiger partial charge in [-0.3, -0.25) is 4.72 Å². The number of nitrogens with one attached hydrogen (secondary N) is 3. The minimum Gasteiger partial charge on any atom is -0.335 e. The summed E-state index contributed by atoms with van der Waals surface area (Å²) in [6.45, 7) is 0. The molecule has 0 aliphatic heterocycles. The zero-order chi connectivity index (χ0) is 13.3. The van der Waals surface area contributed by atoms with Crippen LogP contribution in [-0.4, -0.2) is 24.0 Å². The summed E-state index contributed by atoms with van der Waals surface area (Å²) in [6.07, 6.45) is 12.7. The Morgan fingerprint density at radius 1 is 0.895 bits per heavy atom. The van der Waals surface area contributed by atoms with Crippen LogP contribution in [0.4, 0.5) is 4.79 Å². The Morgan fingerprint density at radius 3 is 2.11 bits per heavy atom. The second-order valence-corrected chi connectivity index (χ2v) is 6.54. The second kappa shape index (κ2) is 8.69. The molecular weight excluding hydrogens is 258 g/mol. The molecule has 19 heavy (non-hydrogen) atoms. The van der Waals surface area contributed by atoms with Crippen molar-refractivity contribution in [3.63, 3.8) is 0 Å². The molecule has 0 atom stereocenters. The first-order valence-corrected chi connectivity index (χ1v) is 8.75. The van der Waals surface area contributed by atoms with Gasteiger partial charge in [0.25, 0.3) is 0 Å². The molecular formula is C14H27N3OS. The van der Waals surface area contributed by atoms with Crippen LogP contribution in [0.15, 0.2) is 0 Å². The number of carbonyl (C=O) groups is 1. The molecule has 3 N–H and O–H groups in total. The van der Waals surface area contributed by atoms with Crippen LogP contribution in [-0.2, 0) is 0 Å². The Balaban J connectivity index is 1.48. The SMILES string of the molecule is O=C(NCSNC1CCCCC1)NC1CCCCC1. The molecule has 0 aromatic heterocycles. The van der Waals surface area contributed by atoms with Crippen molar-refractivity contribution in [3.05, 3.63) is 0 Å². The molecule has 5 heteroatoms. The van der Waals surface area contributed by atoms with Gasteiger partial charge >= 0.3 is 6.03 Å². The number of carbonyl (C=O) groups excluding carboxylic acids is 1. The number of amides is 2. The average Bonchev–Trinajstić information content (AvgIpc) is 2.46. The van der Waals surface area contributed by atoms with Crippen LogP contribution >= 0.6 is 11.9 Å². The summed E-state index contributed by atoms with van der Waals surface area (Å²) in [4.78, 5) is 11.7. The Hall–Kier alpha value is -0.420. The lowest BCUT2D eigenvalue weighted by Gasteiger charge is -2.24. The number of hydrogen-bond donors (Lipinski definition) is 3. The van der Waals surface area contributed by atoms with Crippen LogP contribution in [0.1, 0.15) is 64.2 Å². The lowest BCUT2D eigenvalue weighted by Crippen LogP contribution is -2.43. The van der Waals surface area contributed by atoms with Crippen LogP contribution in [0.5, 0.6) is 0 Å². The monoisotopic (exact) mass is 285 g/mol. The summed E-state index contributed by atoms with van der Waals surface area (Å²) in [5.41, 5.74) is 0. The van der Waals surface area contributed by atoms with Crippen molar-refractivity contribution >= 4 is 18.0 Å². The number of hydrogen-bond acceptors (Lipinski definition) is 3. The Bertz CT molecular complexity index is 263. The molecule has 2 saturated carbocycles. The number of rotatable bonds is 5. The maximum atomic E-state index is 11.7. The number of urea groups is 1. The zero-order valence-corrected chi connectivity index (χ0v) is 12.6. The Labute approximate surface area is 121 Å². The first-order valence-electron chi connectivity index (χ1n) is 7.76. The lowest BCUT2D eigenvalue weighted by molar-refractivity contribution is 0.234. The summed E-state index contributed by atoms with van der Waals surface area (Å²) in [5.74, 6) is 0.648. The van der Waals surface area contributed by atoms with Crippen LogP contribution in [0.3, 0.4) is 0 Å². The van der Waals surface area contributed by atoms with Crippen molar-refractivity contribution in [1.82, 2.24) is 15.4 Å². The lowest BCUT2D eigenvalue weighted by atomic mass is 9.96. The fourth-order valence-electron chi connectivity index (χ4n) is 2.96. The molecule has 0 heterocycles. The van der Waals surface area contributed by atoms with Crippen LogP contribution in [0, 0.1) is 0 Å². The van der Waals surface area contributed by atoms with Crippen LogP contribution in [0.25, 0.3) is 0 Å². The summed E-state index contributed by atoms with van der Waals surface area (Å²) < 4.78 is 3.45. The molecule has 2 fully saturated rings. The third-order valence-corrected chi connectivity index (χ3v) is 4.89. The molecule has 4 nitrogen and oxygen atoms in total. The van der Waals surface area contributed by atoms with E-state index >= 15 is 0 Å². The molecule has 2 aliphatic carbocycles. The van der Waals surface area contributed by atoms with Gasteiger partial charge in [-0.25, -0.2) is 4.79 Å². The second-order valence-electron chi connectivity index (χ2n) is 5.73. The van der Waals surface area contributed by atoms with Crippen molar-refractivity contribution in [2.24, 2.45) is 0 Å². The van der Waals surface area contributed by atoms with Gasteiger partial charge in [0.2, 0.25) is 0 Å². The smallest absolute Gasteiger partial charge is 0.315 e. The molecule has 0 aromatic carbocycles. The minimum atomic E-state index is -0.00940. The van der Waals surface area contributed by atoms with E-state index < -0.39 is 0 Å². The van der Waals surface area contributed by atoms with Crippen molar-refractivity contribution in [2.75, 3.05) is 5.88 Å². The molecule has 0 aromatic rings. The van der Waals surface area contributed by atoms with Crippen LogP contribution in [0.2, 0.25) is 0 Å². The van der Waals surface area contributed by atoms with E-state index in [-0.39, 0.29) is 6.03 Å².